The van der Waals surface area contributed by atoms with E-state index in [1.807, 2.05) is 18.2 Å². The summed E-state index contributed by atoms with van der Waals surface area (Å²) in [5, 5.41) is 2.40. The van der Waals surface area contributed by atoms with Crippen molar-refractivity contribution < 1.29 is 22.6 Å². The lowest BCUT2D eigenvalue weighted by Gasteiger charge is -2.34. The van der Waals surface area contributed by atoms with Crippen LogP contribution in [0, 0.1) is 0 Å². The first kappa shape index (κ1) is 23.0. The van der Waals surface area contributed by atoms with Gasteiger partial charge in [0.2, 0.25) is 0 Å². The highest BCUT2D eigenvalue weighted by Gasteiger charge is 2.32. The van der Waals surface area contributed by atoms with Crippen molar-refractivity contribution in [2.45, 2.75) is 18.9 Å². The minimum absolute atomic E-state index is 0.301. The second-order valence-electron chi connectivity index (χ2n) is 8.36. The minimum Gasteiger partial charge on any atom is -0.497 e. The van der Waals surface area contributed by atoms with Crippen molar-refractivity contribution in [3.05, 3.63) is 70.0 Å². The van der Waals surface area contributed by atoms with E-state index in [4.69, 9.17) is 9.47 Å². The van der Waals surface area contributed by atoms with E-state index in [1.165, 1.54) is 15.7 Å². The van der Waals surface area contributed by atoms with Gasteiger partial charge in [0.25, 0.3) is 5.56 Å². The van der Waals surface area contributed by atoms with Crippen LogP contribution in [0.25, 0.3) is 16.8 Å². The minimum atomic E-state index is -4.40. The van der Waals surface area contributed by atoms with Crippen LogP contribution in [0.2, 0.25) is 0 Å². The molecule has 1 unspecified atom stereocenters. The fourth-order valence-electron chi connectivity index (χ4n) is 4.38. The van der Waals surface area contributed by atoms with E-state index in [0.717, 1.165) is 23.3 Å². The van der Waals surface area contributed by atoms with Crippen molar-refractivity contribution in [3.63, 3.8) is 0 Å². The first-order chi connectivity index (χ1) is 16.7. The summed E-state index contributed by atoms with van der Waals surface area (Å²) in [6, 6.07) is 14.3. The zero-order valence-electron chi connectivity index (χ0n) is 19.1. The number of hydrogen-bond donors (Lipinski definition) is 1. The maximum atomic E-state index is 13.9. The summed E-state index contributed by atoms with van der Waals surface area (Å²) in [6.07, 6.45) is -3.12. The maximum absolute atomic E-state index is 13.9. The number of methoxy groups -OCH3 is 1. The molecule has 1 N–H and O–H groups in total. The third kappa shape index (κ3) is 4.37. The number of anilines is 1. The van der Waals surface area contributed by atoms with Crippen LogP contribution in [0.4, 0.5) is 19.0 Å². The van der Waals surface area contributed by atoms with Crippen molar-refractivity contribution in [2.75, 3.05) is 32.2 Å². The van der Waals surface area contributed by atoms with Gasteiger partial charge in [-0.2, -0.15) is 13.2 Å². The highest BCUT2D eigenvalue weighted by Crippen LogP contribution is 2.33. The van der Waals surface area contributed by atoms with Crippen molar-refractivity contribution in [1.29, 1.82) is 0 Å². The molecular formula is C25H23F3N4O3. The van der Waals surface area contributed by atoms with Crippen LogP contribution in [0.3, 0.4) is 0 Å². The Balaban J connectivity index is 1.66. The van der Waals surface area contributed by atoms with Crippen molar-refractivity contribution in [3.8, 4) is 28.3 Å². The van der Waals surface area contributed by atoms with Crippen molar-refractivity contribution in [2.24, 2.45) is 4.99 Å². The smallest absolute Gasteiger partial charge is 0.401 e. The molecule has 0 saturated heterocycles. The average molecular weight is 484 g/mol. The van der Waals surface area contributed by atoms with Crippen molar-refractivity contribution >= 4 is 12.0 Å². The van der Waals surface area contributed by atoms with Gasteiger partial charge in [-0.1, -0.05) is 6.07 Å². The van der Waals surface area contributed by atoms with Crippen LogP contribution in [-0.4, -0.2) is 50.6 Å². The Morgan fingerprint density at radius 3 is 2.66 bits per heavy atom. The number of rotatable bonds is 5. The summed E-state index contributed by atoms with van der Waals surface area (Å²) in [7, 11) is 3.15. The lowest BCUT2D eigenvalue weighted by atomic mass is 10.0. The van der Waals surface area contributed by atoms with Crippen LogP contribution in [0.1, 0.15) is 11.1 Å². The van der Waals surface area contributed by atoms with Gasteiger partial charge in [-0.3, -0.25) is 19.7 Å². The van der Waals surface area contributed by atoms with E-state index < -0.39 is 19.0 Å². The number of halogens is 3. The summed E-state index contributed by atoms with van der Waals surface area (Å²) < 4.78 is 50.8. The molecule has 3 heterocycles. The second kappa shape index (κ2) is 8.77. The van der Waals surface area contributed by atoms with E-state index in [1.54, 1.807) is 44.5 Å². The predicted octanol–water partition coefficient (Wildman–Crippen LogP) is 3.75. The molecule has 5 rings (SSSR count). The molecular weight excluding hydrogens is 461 g/mol. The largest absolute Gasteiger partial charge is 0.497 e. The number of aliphatic imine (C=N–C) groups is 1. The standard InChI is InChI=1S/C25H23F3N4O3/c1-31-22-17(13-29-24(31)30-14-25(26,27)28)12-20(15-3-8-21-16(11-15)9-10-35-21)23(33)32(22)18-4-6-19(34-2)7-5-18/h3-8,11-13,24,30H,9-10,14H2,1-2H3. The molecule has 1 aromatic heterocycles. The van der Waals surface area contributed by atoms with Gasteiger partial charge in [0.1, 0.15) is 17.3 Å². The number of aromatic nitrogens is 1. The van der Waals surface area contributed by atoms with E-state index in [0.29, 0.717) is 35.0 Å². The average Bonchev–Trinajstić information content (AvgIpc) is 3.31. The Morgan fingerprint density at radius 2 is 1.94 bits per heavy atom. The number of benzene rings is 2. The molecule has 2 aromatic carbocycles. The van der Waals surface area contributed by atoms with Crippen LogP contribution in [0.5, 0.6) is 11.5 Å². The quantitative estimate of drug-likeness (QED) is 0.598. The Labute approximate surface area is 199 Å². The molecule has 0 amide bonds. The molecule has 0 bridgehead atoms. The molecule has 0 radical (unpaired) electrons. The Kier molecular flexibility index (Phi) is 5.76. The fourth-order valence-corrected chi connectivity index (χ4v) is 4.38. The van der Waals surface area contributed by atoms with Crippen LogP contribution < -0.4 is 25.2 Å². The molecule has 0 saturated carbocycles. The third-order valence-electron chi connectivity index (χ3n) is 6.08. The number of alkyl halides is 3. The number of pyridine rings is 1. The lowest BCUT2D eigenvalue weighted by Crippen LogP contribution is -2.49. The zero-order chi connectivity index (χ0) is 24.7. The second-order valence-corrected chi connectivity index (χ2v) is 8.36. The Hall–Kier alpha value is -3.79. The predicted molar refractivity (Wildman–Crippen MR) is 127 cm³/mol. The van der Waals surface area contributed by atoms with E-state index in [-0.39, 0.29) is 5.56 Å². The van der Waals surface area contributed by atoms with Crippen LogP contribution >= 0.6 is 0 Å². The van der Waals surface area contributed by atoms with Gasteiger partial charge >= 0.3 is 6.18 Å². The lowest BCUT2D eigenvalue weighted by molar-refractivity contribution is -0.126. The summed E-state index contributed by atoms with van der Waals surface area (Å²) >= 11 is 0. The fraction of sp³-hybridized carbons (Fsp3) is 0.280. The molecule has 0 aliphatic carbocycles. The molecule has 0 fully saturated rings. The molecule has 3 aromatic rings. The topological polar surface area (TPSA) is 68.1 Å². The number of hydrogen-bond acceptors (Lipinski definition) is 6. The highest BCUT2D eigenvalue weighted by molar-refractivity contribution is 5.91. The third-order valence-corrected chi connectivity index (χ3v) is 6.08. The monoisotopic (exact) mass is 484 g/mol. The van der Waals surface area contributed by atoms with Gasteiger partial charge in [0, 0.05) is 30.8 Å². The van der Waals surface area contributed by atoms with Crippen LogP contribution in [0.15, 0.2) is 58.3 Å². The molecule has 10 heteroatoms. The molecule has 7 nitrogen and oxygen atoms in total. The van der Waals surface area contributed by atoms with E-state index >= 15 is 0 Å². The summed E-state index contributed by atoms with van der Waals surface area (Å²) in [5.41, 5.74) is 3.07. The molecule has 182 valence electrons. The number of ether oxygens (including phenoxy) is 2. The molecule has 35 heavy (non-hydrogen) atoms. The molecule has 1 atom stereocenters. The van der Waals surface area contributed by atoms with Gasteiger partial charge in [-0.15, -0.1) is 0 Å². The number of fused-ring (bicyclic) bond motifs is 2. The first-order valence-corrected chi connectivity index (χ1v) is 11.0. The van der Waals surface area contributed by atoms with Gasteiger partial charge in [-0.25, -0.2) is 0 Å². The van der Waals surface area contributed by atoms with Crippen molar-refractivity contribution in [1.82, 2.24) is 9.88 Å². The van der Waals surface area contributed by atoms with Gasteiger partial charge in [-0.05, 0) is 53.6 Å². The zero-order valence-corrected chi connectivity index (χ0v) is 19.1. The Bertz CT molecular complexity index is 1350. The molecule has 0 spiro atoms. The highest BCUT2D eigenvalue weighted by atomic mass is 19.4. The molecule has 2 aliphatic rings. The Morgan fingerprint density at radius 1 is 1.17 bits per heavy atom. The molecule has 2 aliphatic heterocycles. The number of nitrogens with zero attached hydrogens (tertiary/aromatic N) is 3. The number of nitrogens with one attached hydrogen (secondary N) is 1. The van der Waals surface area contributed by atoms with Crippen LogP contribution in [-0.2, 0) is 6.42 Å². The maximum Gasteiger partial charge on any atom is 0.401 e. The van der Waals surface area contributed by atoms with Gasteiger partial charge in [0.05, 0.1) is 25.9 Å². The van der Waals surface area contributed by atoms with Gasteiger partial charge < -0.3 is 14.4 Å². The summed E-state index contributed by atoms with van der Waals surface area (Å²) in [6.45, 7) is -0.612. The van der Waals surface area contributed by atoms with E-state index in [2.05, 4.69) is 10.3 Å². The summed E-state index contributed by atoms with van der Waals surface area (Å²) in [5.74, 6) is 1.86. The SMILES string of the molecule is COc1ccc(-n2c3c(cc(-c4ccc5c(c4)CCO5)c2=O)C=NC(NCC(F)(F)F)N3C)cc1. The first-order valence-electron chi connectivity index (χ1n) is 11.0. The van der Waals surface area contributed by atoms with Gasteiger partial charge in [0.15, 0.2) is 6.29 Å². The van der Waals surface area contributed by atoms with E-state index in [9.17, 15) is 18.0 Å². The summed E-state index contributed by atoms with van der Waals surface area (Å²) in [4.78, 5) is 19.7. The normalized spacial score (nSPS) is 16.6.